The number of hydrogen-bond donors (Lipinski definition) is 0. The van der Waals surface area contributed by atoms with Gasteiger partial charge in [-0.3, -0.25) is 9.59 Å². The molecule has 0 aliphatic carbocycles. The molecule has 0 aromatic rings. The minimum absolute atomic E-state index is 0.0215. The van der Waals surface area contributed by atoms with Gasteiger partial charge in [-0.05, 0) is 52.4 Å². The molecule has 0 N–H and O–H groups in total. The average Bonchev–Trinajstić information content (AvgIpc) is 3.26. The van der Waals surface area contributed by atoms with Crippen LogP contribution in [-0.4, -0.2) is 89.8 Å². The van der Waals surface area contributed by atoms with Crippen LogP contribution in [0.15, 0.2) is 0 Å². The van der Waals surface area contributed by atoms with Crippen LogP contribution in [0, 0.1) is 11.8 Å². The smallest absolute Gasteiger partial charge is 0.319 e. The van der Waals surface area contributed by atoms with Crippen molar-refractivity contribution in [2.24, 2.45) is 11.8 Å². The van der Waals surface area contributed by atoms with Gasteiger partial charge in [-0.1, -0.05) is 0 Å². The lowest BCUT2D eigenvalue weighted by Crippen LogP contribution is -2.50. The zero-order chi connectivity index (χ0) is 20.3. The molecule has 7 nitrogen and oxygen atoms in total. The van der Waals surface area contributed by atoms with Gasteiger partial charge in [-0.15, -0.1) is 0 Å². The summed E-state index contributed by atoms with van der Waals surface area (Å²) in [5.74, 6) is 0.483. The first-order chi connectivity index (χ1) is 13.4. The summed E-state index contributed by atoms with van der Waals surface area (Å²) in [6.07, 6.45) is 5.24. The number of hydrogen-bond acceptors (Lipinski definition) is 3. The maximum Gasteiger partial charge on any atom is 0.319 e. The molecule has 3 aliphatic rings. The standard InChI is InChI=1S/C21H36N4O3/c1-16(2)22(3)19(26)17-6-12-23(13-7-17)20(27)18-8-14-25(15-9-18)21(28)24-10-4-5-11-24/h16-18H,4-15H2,1-3H3. The van der Waals surface area contributed by atoms with E-state index in [-0.39, 0.29) is 35.7 Å². The van der Waals surface area contributed by atoms with Crippen molar-refractivity contribution in [2.75, 3.05) is 46.3 Å². The van der Waals surface area contributed by atoms with Crippen LogP contribution in [0.3, 0.4) is 0 Å². The van der Waals surface area contributed by atoms with E-state index >= 15 is 0 Å². The van der Waals surface area contributed by atoms with E-state index in [1.54, 1.807) is 0 Å². The molecule has 0 unspecified atom stereocenters. The second-order valence-corrected chi connectivity index (χ2v) is 8.88. The normalized spacial score (nSPS) is 22.1. The van der Waals surface area contributed by atoms with Gasteiger partial charge in [0.1, 0.15) is 0 Å². The number of carbonyl (C=O) groups is 3. The molecule has 3 aliphatic heterocycles. The van der Waals surface area contributed by atoms with Gasteiger partial charge < -0.3 is 19.6 Å². The molecular formula is C21H36N4O3. The predicted octanol–water partition coefficient (Wildman–Crippen LogP) is 2.02. The van der Waals surface area contributed by atoms with Crippen molar-refractivity contribution in [2.45, 2.75) is 58.4 Å². The molecule has 0 bridgehead atoms. The summed E-state index contributed by atoms with van der Waals surface area (Å²) in [6.45, 7) is 8.51. The second-order valence-electron chi connectivity index (χ2n) is 8.88. The van der Waals surface area contributed by atoms with E-state index in [9.17, 15) is 14.4 Å². The molecule has 0 aromatic heterocycles. The SMILES string of the molecule is CC(C)N(C)C(=O)C1CCN(C(=O)C2CCN(C(=O)N3CCCC3)CC2)CC1. The van der Waals surface area contributed by atoms with E-state index in [0.717, 1.165) is 51.6 Å². The van der Waals surface area contributed by atoms with Crippen LogP contribution >= 0.6 is 0 Å². The summed E-state index contributed by atoms with van der Waals surface area (Å²) < 4.78 is 0. The molecule has 3 fully saturated rings. The summed E-state index contributed by atoms with van der Waals surface area (Å²) in [5, 5.41) is 0. The Hall–Kier alpha value is -1.79. The van der Waals surface area contributed by atoms with Gasteiger partial charge in [0.2, 0.25) is 11.8 Å². The highest BCUT2D eigenvalue weighted by Crippen LogP contribution is 2.26. The monoisotopic (exact) mass is 392 g/mol. The molecule has 3 rings (SSSR count). The van der Waals surface area contributed by atoms with Crippen LogP contribution in [0.2, 0.25) is 0 Å². The largest absolute Gasteiger partial charge is 0.343 e. The third kappa shape index (κ3) is 4.61. The number of carbonyl (C=O) groups excluding carboxylic acids is 3. The molecule has 3 heterocycles. The molecule has 0 aromatic carbocycles. The fourth-order valence-electron chi connectivity index (χ4n) is 4.57. The van der Waals surface area contributed by atoms with E-state index < -0.39 is 0 Å². The maximum absolute atomic E-state index is 12.9. The van der Waals surface area contributed by atoms with Crippen molar-refractivity contribution in [1.29, 1.82) is 0 Å². The summed E-state index contributed by atoms with van der Waals surface area (Å²) in [6, 6.07) is 0.359. The number of nitrogens with zero attached hydrogens (tertiary/aromatic N) is 4. The lowest BCUT2D eigenvalue weighted by Gasteiger charge is -2.38. The van der Waals surface area contributed by atoms with Crippen LogP contribution in [0.1, 0.15) is 52.4 Å². The van der Waals surface area contributed by atoms with Gasteiger partial charge in [0, 0.05) is 64.2 Å². The Bertz CT molecular complexity index is 536. The number of piperidine rings is 2. The molecular weight excluding hydrogens is 356 g/mol. The van der Waals surface area contributed by atoms with Gasteiger partial charge in [-0.2, -0.15) is 0 Å². The topological polar surface area (TPSA) is 64.2 Å². The number of rotatable bonds is 3. The number of likely N-dealkylation sites (tertiary alicyclic amines) is 3. The van der Waals surface area contributed by atoms with Gasteiger partial charge in [0.25, 0.3) is 0 Å². The van der Waals surface area contributed by atoms with Crippen LogP contribution in [0.4, 0.5) is 4.79 Å². The van der Waals surface area contributed by atoms with E-state index in [4.69, 9.17) is 0 Å². The molecule has 0 spiro atoms. The highest BCUT2D eigenvalue weighted by molar-refractivity contribution is 5.81. The lowest BCUT2D eigenvalue weighted by atomic mass is 9.91. The first-order valence-electron chi connectivity index (χ1n) is 11.0. The molecule has 0 saturated carbocycles. The van der Waals surface area contributed by atoms with E-state index in [2.05, 4.69) is 0 Å². The first-order valence-corrected chi connectivity index (χ1v) is 11.0. The zero-order valence-electron chi connectivity index (χ0n) is 17.7. The molecule has 4 amide bonds. The Morgan fingerprint density at radius 1 is 0.750 bits per heavy atom. The van der Waals surface area contributed by atoms with Gasteiger partial charge in [-0.25, -0.2) is 4.79 Å². The van der Waals surface area contributed by atoms with Crippen LogP contribution < -0.4 is 0 Å². The van der Waals surface area contributed by atoms with Crippen molar-refractivity contribution in [3.63, 3.8) is 0 Å². The van der Waals surface area contributed by atoms with Crippen molar-refractivity contribution in [3.05, 3.63) is 0 Å². The minimum atomic E-state index is 0.0215. The van der Waals surface area contributed by atoms with Crippen LogP contribution in [-0.2, 0) is 9.59 Å². The summed E-state index contributed by atoms with van der Waals surface area (Å²) in [7, 11) is 1.86. The van der Waals surface area contributed by atoms with Crippen molar-refractivity contribution in [1.82, 2.24) is 19.6 Å². The van der Waals surface area contributed by atoms with Gasteiger partial charge in [0.15, 0.2) is 0 Å². The Morgan fingerprint density at radius 2 is 1.21 bits per heavy atom. The highest BCUT2D eigenvalue weighted by Gasteiger charge is 2.35. The fourth-order valence-corrected chi connectivity index (χ4v) is 4.57. The Labute approximate surface area is 169 Å². The van der Waals surface area contributed by atoms with Crippen LogP contribution in [0.25, 0.3) is 0 Å². The molecule has 3 saturated heterocycles. The van der Waals surface area contributed by atoms with E-state index in [0.29, 0.717) is 26.2 Å². The Balaban J connectivity index is 1.43. The van der Waals surface area contributed by atoms with Crippen LogP contribution in [0.5, 0.6) is 0 Å². The third-order valence-corrected chi connectivity index (χ3v) is 6.77. The second kappa shape index (κ2) is 9.14. The fraction of sp³-hybridized carbons (Fsp3) is 0.857. The van der Waals surface area contributed by atoms with Gasteiger partial charge in [0.05, 0.1) is 0 Å². The summed E-state index contributed by atoms with van der Waals surface area (Å²) in [5.41, 5.74) is 0. The zero-order valence-corrected chi connectivity index (χ0v) is 17.7. The minimum Gasteiger partial charge on any atom is -0.343 e. The first kappa shape index (κ1) is 20.9. The number of urea groups is 1. The predicted molar refractivity (Wildman–Crippen MR) is 108 cm³/mol. The van der Waals surface area contributed by atoms with E-state index in [1.165, 1.54) is 0 Å². The highest BCUT2D eigenvalue weighted by atomic mass is 16.2. The summed E-state index contributed by atoms with van der Waals surface area (Å²) in [4.78, 5) is 45.6. The molecule has 7 heteroatoms. The molecule has 28 heavy (non-hydrogen) atoms. The van der Waals surface area contributed by atoms with Crippen molar-refractivity contribution in [3.8, 4) is 0 Å². The van der Waals surface area contributed by atoms with Crippen molar-refractivity contribution >= 4 is 17.8 Å². The molecule has 158 valence electrons. The maximum atomic E-state index is 12.9. The quantitative estimate of drug-likeness (QED) is 0.738. The third-order valence-electron chi connectivity index (χ3n) is 6.77. The lowest BCUT2D eigenvalue weighted by molar-refractivity contribution is -0.143. The Kier molecular flexibility index (Phi) is 6.83. The number of amides is 4. The average molecular weight is 393 g/mol. The van der Waals surface area contributed by atoms with E-state index in [1.807, 2.05) is 40.5 Å². The molecule has 0 radical (unpaired) electrons. The molecule has 0 atom stereocenters. The Morgan fingerprint density at radius 3 is 1.75 bits per heavy atom. The van der Waals surface area contributed by atoms with Gasteiger partial charge >= 0.3 is 6.03 Å². The summed E-state index contributed by atoms with van der Waals surface area (Å²) >= 11 is 0. The van der Waals surface area contributed by atoms with Crippen molar-refractivity contribution < 1.29 is 14.4 Å².